The molecule has 0 spiro atoms. The monoisotopic (exact) mass is 228 g/mol. The smallest absolute Gasteiger partial charge is 0.343 e. The molecule has 84 valence electrons. The summed E-state index contributed by atoms with van der Waals surface area (Å²) in [6.07, 6.45) is 1.59. The van der Waals surface area contributed by atoms with E-state index in [9.17, 15) is 9.59 Å². The van der Waals surface area contributed by atoms with E-state index in [1.54, 1.807) is 0 Å². The highest BCUT2D eigenvalue weighted by molar-refractivity contribution is 5.99. The lowest BCUT2D eigenvalue weighted by atomic mass is 10.1. The van der Waals surface area contributed by atoms with Crippen molar-refractivity contribution in [3.63, 3.8) is 0 Å². The van der Waals surface area contributed by atoms with Gasteiger partial charge in [0.05, 0.1) is 11.6 Å². The molecule has 17 heavy (non-hydrogen) atoms. The Kier molecular flexibility index (Phi) is 2.08. The molecule has 0 aliphatic carbocycles. The van der Waals surface area contributed by atoms with Gasteiger partial charge in [-0.2, -0.15) is 0 Å². The lowest BCUT2D eigenvalue weighted by Crippen LogP contribution is -2.04. The van der Waals surface area contributed by atoms with Crippen LogP contribution in [0.25, 0.3) is 0 Å². The molecule has 0 saturated heterocycles. The lowest BCUT2D eigenvalue weighted by Gasteiger charge is -2.01. The van der Waals surface area contributed by atoms with E-state index < -0.39 is 11.9 Å². The minimum atomic E-state index is -0.493. The van der Waals surface area contributed by atoms with E-state index in [1.807, 2.05) is 30.3 Å². The molecule has 0 radical (unpaired) electrons. The Morgan fingerprint density at radius 1 is 1.00 bits per heavy atom. The summed E-state index contributed by atoms with van der Waals surface area (Å²) in [4.78, 5) is 22.6. The lowest BCUT2D eigenvalue weighted by molar-refractivity contribution is -0.133. The van der Waals surface area contributed by atoms with Gasteiger partial charge >= 0.3 is 11.9 Å². The van der Waals surface area contributed by atoms with Crippen molar-refractivity contribution in [2.45, 2.75) is 6.42 Å². The summed E-state index contributed by atoms with van der Waals surface area (Å²) in [6.45, 7) is 0. The number of hydrogen-bond acceptors (Lipinski definition) is 4. The standard InChI is InChI=1S/C13H8O4/c14-11-7-10-12(17-11)9(13(15)16-10)6-8-4-2-1-3-5-8/h1-5,7H,6H2. The second-order valence-corrected chi connectivity index (χ2v) is 3.79. The zero-order chi connectivity index (χ0) is 11.8. The van der Waals surface area contributed by atoms with E-state index in [-0.39, 0.29) is 11.5 Å². The number of carbonyl (C=O) groups excluding carboxylic acids is 2. The third-order valence-electron chi connectivity index (χ3n) is 2.62. The molecule has 0 aromatic heterocycles. The van der Waals surface area contributed by atoms with Gasteiger partial charge in [0.15, 0.2) is 11.5 Å². The Labute approximate surface area is 97.1 Å². The average Bonchev–Trinajstić information content (AvgIpc) is 2.79. The SMILES string of the molecule is O=C1C=C2OC(=O)C(Cc3ccccc3)=C2O1. The van der Waals surface area contributed by atoms with Crippen molar-refractivity contribution in [3.8, 4) is 0 Å². The van der Waals surface area contributed by atoms with Crippen LogP contribution in [0.15, 0.2) is 53.5 Å². The fourth-order valence-corrected chi connectivity index (χ4v) is 1.85. The molecule has 0 bridgehead atoms. The van der Waals surface area contributed by atoms with Crippen LogP contribution >= 0.6 is 0 Å². The summed E-state index contributed by atoms with van der Waals surface area (Å²) in [5.74, 6) is -0.439. The number of carbonyl (C=O) groups is 2. The minimum Gasteiger partial charge on any atom is -0.419 e. The number of hydrogen-bond donors (Lipinski definition) is 0. The predicted octanol–water partition coefficient (Wildman–Crippen LogP) is 1.48. The Bertz CT molecular complexity index is 566. The molecule has 0 amide bonds. The van der Waals surface area contributed by atoms with Crippen LogP contribution in [0.4, 0.5) is 0 Å². The van der Waals surface area contributed by atoms with Crippen LogP contribution in [0.5, 0.6) is 0 Å². The first kappa shape index (κ1) is 9.84. The summed E-state index contributed by atoms with van der Waals surface area (Å²) in [6, 6.07) is 9.48. The molecule has 2 heterocycles. The summed E-state index contributed by atoms with van der Waals surface area (Å²) in [5, 5.41) is 0. The van der Waals surface area contributed by atoms with Gasteiger partial charge in [-0.1, -0.05) is 30.3 Å². The van der Waals surface area contributed by atoms with Gasteiger partial charge in [-0.15, -0.1) is 0 Å². The number of esters is 2. The fraction of sp³-hybridized carbons (Fsp3) is 0.0769. The van der Waals surface area contributed by atoms with Gasteiger partial charge in [-0.05, 0) is 5.56 Å². The molecule has 0 fully saturated rings. The quantitative estimate of drug-likeness (QED) is 0.719. The number of ether oxygens (including phenoxy) is 2. The van der Waals surface area contributed by atoms with E-state index in [2.05, 4.69) is 0 Å². The third kappa shape index (κ3) is 1.63. The van der Waals surface area contributed by atoms with E-state index in [0.717, 1.165) is 5.56 Å². The molecule has 3 rings (SSSR count). The van der Waals surface area contributed by atoms with Crippen LogP contribution in [0.3, 0.4) is 0 Å². The van der Waals surface area contributed by atoms with Crippen molar-refractivity contribution >= 4 is 11.9 Å². The molecule has 2 aliphatic rings. The van der Waals surface area contributed by atoms with E-state index in [1.165, 1.54) is 6.08 Å². The molecule has 0 saturated carbocycles. The summed E-state index contributed by atoms with van der Waals surface area (Å²) in [7, 11) is 0. The van der Waals surface area contributed by atoms with Crippen molar-refractivity contribution in [1.29, 1.82) is 0 Å². The second-order valence-electron chi connectivity index (χ2n) is 3.79. The summed E-state index contributed by atoms with van der Waals surface area (Å²) < 4.78 is 9.89. The fourth-order valence-electron chi connectivity index (χ4n) is 1.85. The zero-order valence-corrected chi connectivity index (χ0v) is 8.80. The molecule has 4 nitrogen and oxygen atoms in total. The number of rotatable bonds is 2. The zero-order valence-electron chi connectivity index (χ0n) is 8.80. The van der Waals surface area contributed by atoms with Crippen molar-refractivity contribution in [1.82, 2.24) is 0 Å². The highest BCUT2D eigenvalue weighted by atomic mass is 16.6. The Morgan fingerprint density at radius 3 is 2.53 bits per heavy atom. The van der Waals surface area contributed by atoms with E-state index in [0.29, 0.717) is 12.0 Å². The average molecular weight is 228 g/mol. The summed E-state index contributed by atoms with van der Waals surface area (Å²) in [5.41, 5.74) is 1.37. The first-order valence-corrected chi connectivity index (χ1v) is 5.17. The van der Waals surface area contributed by atoms with Crippen LogP contribution in [0.2, 0.25) is 0 Å². The maximum atomic E-state index is 11.6. The highest BCUT2D eigenvalue weighted by Crippen LogP contribution is 2.33. The Morgan fingerprint density at radius 2 is 1.76 bits per heavy atom. The van der Waals surface area contributed by atoms with Gasteiger partial charge in [-0.25, -0.2) is 9.59 Å². The molecule has 4 heteroatoms. The topological polar surface area (TPSA) is 52.6 Å². The molecule has 1 aromatic carbocycles. The van der Waals surface area contributed by atoms with Gasteiger partial charge in [0.2, 0.25) is 0 Å². The minimum absolute atomic E-state index is 0.228. The molecule has 1 aromatic rings. The predicted molar refractivity (Wildman–Crippen MR) is 57.4 cm³/mol. The van der Waals surface area contributed by atoms with Crippen molar-refractivity contribution in [2.24, 2.45) is 0 Å². The summed E-state index contributed by atoms with van der Waals surface area (Å²) >= 11 is 0. The maximum absolute atomic E-state index is 11.6. The van der Waals surface area contributed by atoms with Crippen molar-refractivity contribution in [2.75, 3.05) is 0 Å². The van der Waals surface area contributed by atoms with Gasteiger partial charge in [-0.3, -0.25) is 0 Å². The van der Waals surface area contributed by atoms with Gasteiger partial charge in [0.25, 0.3) is 0 Å². The normalized spacial score (nSPS) is 17.8. The van der Waals surface area contributed by atoms with Crippen LogP contribution in [-0.4, -0.2) is 11.9 Å². The van der Waals surface area contributed by atoms with Crippen LogP contribution in [0, 0.1) is 0 Å². The molecular weight excluding hydrogens is 220 g/mol. The Balaban J connectivity index is 1.95. The van der Waals surface area contributed by atoms with Gasteiger partial charge in [0, 0.05) is 6.42 Å². The number of fused-ring (bicyclic) bond motifs is 1. The van der Waals surface area contributed by atoms with Crippen LogP contribution < -0.4 is 0 Å². The maximum Gasteiger partial charge on any atom is 0.343 e. The highest BCUT2D eigenvalue weighted by Gasteiger charge is 2.37. The first-order chi connectivity index (χ1) is 8.24. The second kappa shape index (κ2) is 3.59. The molecule has 2 aliphatic heterocycles. The molecule has 0 N–H and O–H groups in total. The van der Waals surface area contributed by atoms with Crippen LogP contribution in [0.1, 0.15) is 5.56 Å². The number of benzene rings is 1. The molecule has 0 atom stereocenters. The largest absolute Gasteiger partial charge is 0.419 e. The van der Waals surface area contributed by atoms with Crippen molar-refractivity contribution < 1.29 is 19.1 Å². The first-order valence-electron chi connectivity index (χ1n) is 5.17. The molecule has 0 unspecified atom stereocenters. The van der Waals surface area contributed by atoms with Gasteiger partial charge < -0.3 is 9.47 Å². The Hall–Kier alpha value is -2.36. The third-order valence-corrected chi connectivity index (χ3v) is 2.62. The van der Waals surface area contributed by atoms with E-state index in [4.69, 9.17) is 9.47 Å². The van der Waals surface area contributed by atoms with E-state index >= 15 is 0 Å². The van der Waals surface area contributed by atoms with Gasteiger partial charge in [0.1, 0.15) is 0 Å². The van der Waals surface area contributed by atoms with Crippen molar-refractivity contribution in [3.05, 3.63) is 59.1 Å². The van der Waals surface area contributed by atoms with Crippen LogP contribution in [-0.2, 0) is 25.5 Å². The molecular formula is C13H8O4.